The Morgan fingerprint density at radius 3 is 2.83 bits per heavy atom. The molecule has 0 aliphatic carbocycles. The molecule has 3 aromatic rings. The second kappa shape index (κ2) is 7.24. The molecule has 0 fully saturated rings. The van der Waals surface area contributed by atoms with E-state index in [1.165, 1.54) is 27.8 Å². The number of thiophene rings is 1. The fraction of sp³-hybridized carbons (Fsp3) is 0.167. The van der Waals surface area contributed by atoms with E-state index >= 15 is 0 Å². The predicted molar refractivity (Wildman–Crippen MR) is 92.2 cm³/mol. The Hall–Kier alpha value is -2.40. The predicted octanol–water partition coefficient (Wildman–Crippen LogP) is 4.08. The first-order valence-electron chi connectivity index (χ1n) is 7.43. The van der Waals surface area contributed by atoms with Crippen molar-refractivity contribution >= 4 is 27.5 Å². The van der Waals surface area contributed by atoms with Crippen molar-refractivity contribution in [3.05, 3.63) is 70.9 Å². The van der Waals surface area contributed by atoms with E-state index in [2.05, 4.69) is 28.1 Å². The molecule has 1 aromatic heterocycles. The Kier molecular flexibility index (Phi) is 4.88. The number of carbonyl (C=O) groups is 1. The lowest BCUT2D eigenvalue weighted by Gasteiger charge is -2.07. The van der Waals surface area contributed by atoms with Crippen LogP contribution in [0.5, 0.6) is 0 Å². The minimum absolute atomic E-state index is 0.242. The molecule has 2 amide bonds. The van der Waals surface area contributed by atoms with Gasteiger partial charge < -0.3 is 10.6 Å². The van der Waals surface area contributed by atoms with Crippen LogP contribution in [0.15, 0.2) is 53.9 Å². The zero-order valence-electron chi connectivity index (χ0n) is 12.5. The normalized spacial score (nSPS) is 10.7. The quantitative estimate of drug-likeness (QED) is 0.728. The lowest BCUT2D eigenvalue weighted by Crippen LogP contribution is -2.36. The minimum Gasteiger partial charge on any atom is -0.338 e. The van der Waals surface area contributed by atoms with Gasteiger partial charge in [0.1, 0.15) is 5.82 Å². The molecule has 2 N–H and O–H groups in total. The van der Waals surface area contributed by atoms with E-state index in [1.54, 1.807) is 23.5 Å². The van der Waals surface area contributed by atoms with Gasteiger partial charge >= 0.3 is 6.03 Å². The molecule has 0 bridgehead atoms. The molecule has 3 rings (SSSR count). The molecule has 0 unspecified atom stereocenters. The Labute approximate surface area is 138 Å². The summed E-state index contributed by atoms with van der Waals surface area (Å²) >= 11 is 1.72. The first-order chi connectivity index (χ1) is 11.2. The van der Waals surface area contributed by atoms with Crippen molar-refractivity contribution in [1.29, 1.82) is 0 Å². The number of carbonyl (C=O) groups excluding carboxylic acids is 1. The van der Waals surface area contributed by atoms with Crippen molar-refractivity contribution in [2.24, 2.45) is 0 Å². The summed E-state index contributed by atoms with van der Waals surface area (Å²) in [5.41, 5.74) is 1.99. The van der Waals surface area contributed by atoms with Crippen molar-refractivity contribution in [1.82, 2.24) is 10.6 Å². The average Bonchev–Trinajstić information content (AvgIpc) is 2.97. The third kappa shape index (κ3) is 4.07. The topological polar surface area (TPSA) is 41.1 Å². The van der Waals surface area contributed by atoms with Crippen LogP contribution < -0.4 is 10.6 Å². The molecule has 0 radical (unpaired) electrons. The Bertz CT molecular complexity index is 815. The summed E-state index contributed by atoms with van der Waals surface area (Å²) in [6.07, 6.45) is 0.789. The van der Waals surface area contributed by atoms with Gasteiger partial charge in [-0.25, -0.2) is 9.18 Å². The zero-order chi connectivity index (χ0) is 16.1. The maximum Gasteiger partial charge on any atom is 0.315 e. The standard InChI is InChI=1S/C18H17FN2OS/c19-15-5-3-4-13(10-15)11-21-18(22)20-9-8-14-12-23-17-7-2-1-6-16(14)17/h1-7,10,12H,8-9,11H2,(H2,20,21,22). The van der Waals surface area contributed by atoms with E-state index in [0.717, 1.165) is 12.0 Å². The summed E-state index contributed by atoms with van der Waals surface area (Å²) in [4.78, 5) is 11.8. The SMILES string of the molecule is O=C(NCCc1csc2ccccc12)NCc1cccc(F)c1. The summed E-state index contributed by atoms with van der Waals surface area (Å²) in [5.74, 6) is -0.297. The van der Waals surface area contributed by atoms with Crippen molar-refractivity contribution in [2.75, 3.05) is 6.54 Å². The van der Waals surface area contributed by atoms with Gasteiger partial charge in [0, 0.05) is 17.8 Å². The molecule has 5 heteroatoms. The third-order valence-corrected chi connectivity index (χ3v) is 4.60. The second-order valence-corrected chi connectivity index (χ2v) is 6.16. The van der Waals surface area contributed by atoms with Gasteiger partial charge in [0.05, 0.1) is 0 Å². The fourth-order valence-electron chi connectivity index (χ4n) is 2.43. The molecular formula is C18H17FN2OS. The molecule has 0 aliphatic heterocycles. The monoisotopic (exact) mass is 328 g/mol. The number of hydrogen-bond donors (Lipinski definition) is 2. The van der Waals surface area contributed by atoms with Crippen LogP contribution in [-0.4, -0.2) is 12.6 Å². The number of nitrogens with one attached hydrogen (secondary N) is 2. The maximum atomic E-state index is 13.1. The highest BCUT2D eigenvalue weighted by Crippen LogP contribution is 2.25. The molecule has 0 atom stereocenters. The van der Waals surface area contributed by atoms with Gasteiger partial charge in [0.15, 0.2) is 0 Å². The minimum atomic E-state index is -0.297. The van der Waals surface area contributed by atoms with Gasteiger partial charge in [0.25, 0.3) is 0 Å². The van der Waals surface area contributed by atoms with E-state index in [0.29, 0.717) is 13.1 Å². The van der Waals surface area contributed by atoms with E-state index in [1.807, 2.05) is 12.1 Å². The molecule has 0 saturated carbocycles. The Balaban J connectivity index is 1.46. The molecule has 118 valence electrons. The number of halogens is 1. The van der Waals surface area contributed by atoms with Crippen molar-refractivity contribution in [2.45, 2.75) is 13.0 Å². The highest BCUT2D eigenvalue weighted by Gasteiger charge is 2.05. The van der Waals surface area contributed by atoms with Crippen LogP contribution in [0.1, 0.15) is 11.1 Å². The van der Waals surface area contributed by atoms with Gasteiger partial charge in [-0.05, 0) is 46.5 Å². The van der Waals surface area contributed by atoms with Crippen LogP contribution in [0.2, 0.25) is 0 Å². The molecule has 0 saturated heterocycles. The zero-order valence-corrected chi connectivity index (χ0v) is 13.3. The van der Waals surface area contributed by atoms with Gasteiger partial charge in [-0.15, -0.1) is 11.3 Å². The molecule has 23 heavy (non-hydrogen) atoms. The van der Waals surface area contributed by atoms with Crippen LogP contribution in [0.4, 0.5) is 9.18 Å². The molecule has 0 spiro atoms. The molecular weight excluding hydrogens is 311 g/mol. The smallest absolute Gasteiger partial charge is 0.315 e. The summed E-state index contributed by atoms with van der Waals surface area (Å²) in [7, 11) is 0. The summed E-state index contributed by atoms with van der Waals surface area (Å²) < 4.78 is 14.3. The Morgan fingerprint density at radius 2 is 1.96 bits per heavy atom. The fourth-order valence-corrected chi connectivity index (χ4v) is 3.43. The van der Waals surface area contributed by atoms with Crippen LogP contribution >= 0.6 is 11.3 Å². The summed E-state index contributed by atoms with van der Waals surface area (Å²) in [6, 6.07) is 14.2. The number of benzene rings is 2. The van der Waals surface area contributed by atoms with Gasteiger partial charge in [-0.3, -0.25) is 0 Å². The van der Waals surface area contributed by atoms with Crippen LogP contribution in [0.3, 0.4) is 0 Å². The molecule has 3 nitrogen and oxygen atoms in total. The number of rotatable bonds is 5. The van der Waals surface area contributed by atoms with Gasteiger partial charge in [-0.2, -0.15) is 0 Å². The highest BCUT2D eigenvalue weighted by molar-refractivity contribution is 7.17. The first kappa shape index (κ1) is 15.5. The molecule has 2 aromatic carbocycles. The van der Waals surface area contributed by atoms with Gasteiger partial charge in [-0.1, -0.05) is 30.3 Å². The van der Waals surface area contributed by atoms with Crippen molar-refractivity contribution < 1.29 is 9.18 Å². The highest BCUT2D eigenvalue weighted by atomic mass is 32.1. The number of amides is 2. The van der Waals surface area contributed by atoms with Gasteiger partial charge in [0.2, 0.25) is 0 Å². The van der Waals surface area contributed by atoms with Crippen molar-refractivity contribution in [3.63, 3.8) is 0 Å². The second-order valence-electron chi connectivity index (χ2n) is 5.25. The summed E-state index contributed by atoms with van der Waals surface area (Å²) in [5, 5.41) is 8.95. The molecule has 0 aliphatic rings. The largest absolute Gasteiger partial charge is 0.338 e. The number of urea groups is 1. The Morgan fingerprint density at radius 1 is 1.09 bits per heavy atom. The maximum absolute atomic E-state index is 13.1. The summed E-state index contributed by atoms with van der Waals surface area (Å²) in [6.45, 7) is 0.876. The van der Waals surface area contributed by atoms with Crippen LogP contribution in [0, 0.1) is 5.82 Å². The first-order valence-corrected chi connectivity index (χ1v) is 8.31. The third-order valence-electron chi connectivity index (χ3n) is 3.58. The van der Waals surface area contributed by atoms with Crippen LogP contribution in [-0.2, 0) is 13.0 Å². The van der Waals surface area contributed by atoms with E-state index in [-0.39, 0.29) is 11.8 Å². The molecule has 1 heterocycles. The lowest BCUT2D eigenvalue weighted by molar-refractivity contribution is 0.240. The average molecular weight is 328 g/mol. The van der Waals surface area contributed by atoms with E-state index < -0.39 is 0 Å². The van der Waals surface area contributed by atoms with E-state index in [9.17, 15) is 9.18 Å². The van der Waals surface area contributed by atoms with Crippen molar-refractivity contribution in [3.8, 4) is 0 Å². The lowest BCUT2D eigenvalue weighted by atomic mass is 10.1. The van der Waals surface area contributed by atoms with E-state index in [4.69, 9.17) is 0 Å². The number of fused-ring (bicyclic) bond motifs is 1. The number of hydrogen-bond acceptors (Lipinski definition) is 2. The van der Waals surface area contributed by atoms with Crippen LogP contribution in [0.25, 0.3) is 10.1 Å².